The van der Waals surface area contributed by atoms with Crippen molar-refractivity contribution >= 4 is 5.97 Å². The Morgan fingerprint density at radius 3 is 2.50 bits per heavy atom. The summed E-state index contributed by atoms with van der Waals surface area (Å²) >= 11 is 0. The topological polar surface area (TPSA) is 65.0 Å². The maximum atomic E-state index is 11.5. The number of allylic oxidation sites excluding steroid dienone is 1. The molecule has 1 fully saturated rings. The molecule has 0 bridgehead atoms. The summed E-state index contributed by atoms with van der Waals surface area (Å²) in [5, 5.41) is 9.81. The summed E-state index contributed by atoms with van der Waals surface area (Å²) in [5.74, 6) is -0.364. The van der Waals surface area contributed by atoms with Crippen LogP contribution in [0.15, 0.2) is 23.8 Å². The third-order valence-electron chi connectivity index (χ3n) is 4.56. The molecule has 0 radical (unpaired) electrons. The average molecular weight is 338 g/mol. The predicted octanol–water partition coefficient (Wildman–Crippen LogP) is 3.62. The third kappa shape index (κ3) is 6.38. The second kappa shape index (κ2) is 10.6. The first kappa shape index (κ1) is 19.2. The monoisotopic (exact) mass is 338 g/mol. The Bertz CT molecular complexity index is 443. The van der Waals surface area contributed by atoms with Crippen molar-refractivity contribution in [3.8, 4) is 0 Å². The molecule has 0 aromatic carbocycles. The smallest absolute Gasteiger partial charge is 0.336 e. The first-order valence-corrected chi connectivity index (χ1v) is 9.22. The second-order valence-corrected chi connectivity index (χ2v) is 6.61. The van der Waals surface area contributed by atoms with E-state index in [2.05, 4.69) is 6.08 Å². The molecule has 2 aliphatic heterocycles. The number of aliphatic hydroxyl groups excluding tert-OH is 1. The van der Waals surface area contributed by atoms with E-state index in [0.717, 1.165) is 25.7 Å². The van der Waals surface area contributed by atoms with Crippen molar-refractivity contribution in [3.05, 3.63) is 23.8 Å². The van der Waals surface area contributed by atoms with E-state index in [9.17, 15) is 9.90 Å². The molecule has 2 heterocycles. The summed E-state index contributed by atoms with van der Waals surface area (Å²) in [4.78, 5) is 21.6. The number of hydrogen-bond acceptors (Lipinski definition) is 5. The van der Waals surface area contributed by atoms with E-state index in [1.165, 1.54) is 32.1 Å². The van der Waals surface area contributed by atoms with Crippen LogP contribution in [0.2, 0.25) is 0 Å². The average Bonchev–Trinajstić information content (AvgIpc) is 2.83. The zero-order chi connectivity index (χ0) is 17.2. The molecule has 24 heavy (non-hydrogen) atoms. The Morgan fingerprint density at radius 1 is 1.17 bits per heavy atom. The van der Waals surface area contributed by atoms with Gasteiger partial charge in [-0.2, -0.15) is 0 Å². The quantitative estimate of drug-likeness (QED) is 0.217. The summed E-state index contributed by atoms with van der Waals surface area (Å²) in [5.41, 5.74) is 0.436. The van der Waals surface area contributed by atoms with Crippen molar-refractivity contribution in [2.24, 2.45) is 0 Å². The predicted molar refractivity (Wildman–Crippen MR) is 91.2 cm³/mol. The highest BCUT2D eigenvalue weighted by Crippen LogP contribution is 2.22. The molecule has 0 amide bonds. The van der Waals surface area contributed by atoms with Gasteiger partial charge in [-0.25, -0.2) is 14.6 Å². The Labute approximate surface area is 144 Å². The van der Waals surface area contributed by atoms with Crippen molar-refractivity contribution in [1.29, 1.82) is 0 Å². The van der Waals surface area contributed by atoms with Gasteiger partial charge in [0.2, 0.25) is 0 Å². The van der Waals surface area contributed by atoms with Crippen molar-refractivity contribution in [3.63, 3.8) is 0 Å². The maximum absolute atomic E-state index is 11.5. The highest BCUT2D eigenvalue weighted by atomic mass is 17.2. The molecule has 0 aliphatic carbocycles. The van der Waals surface area contributed by atoms with Gasteiger partial charge in [-0.1, -0.05) is 56.8 Å². The van der Waals surface area contributed by atoms with E-state index < -0.39 is 12.2 Å². The maximum Gasteiger partial charge on any atom is 0.336 e. The zero-order valence-corrected chi connectivity index (χ0v) is 14.6. The number of rotatable bonds is 10. The van der Waals surface area contributed by atoms with Crippen LogP contribution in [-0.2, 0) is 19.3 Å². The number of cyclic esters (lactones) is 1. The van der Waals surface area contributed by atoms with Crippen LogP contribution in [-0.4, -0.2) is 36.0 Å². The number of carbonyl (C=O) groups excluding carboxylic acids is 1. The number of esters is 1. The number of carbonyl (C=O) groups is 1. The summed E-state index contributed by atoms with van der Waals surface area (Å²) in [7, 11) is 0. The van der Waals surface area contributed by atoms with Gasteiger partial charge in [-0.05, 0) is 26.2 Å². The molecule has 0 saturated carbocycles. The molecule has 1 N–H and O–H groups in total. The van der Waals surface area contributed by atoms with E-state index in [0.29, 0.717) is 12.2 Å². The minimum Gasteiger partial charge on any atom is -0.456 e. The zero-order valence-electron chi connectivity index (χ0n) is 14.6. The second-order valence-electron chi connectivity index (χ2n) is 6.61. The van der Waals surface area contributed by atoms with Crippen LogP contribution in [0, 0.1) is 0 Å². The molecule has 1 saturated heterocycles. The Balaban J connectivity index is 1.42. The van der Waals surface area contributed by atoms with E-state index in [1.807, 2.05) is 12.2 Å². The van der Waals surface area contributed by atoms with Gasteiger partial charge in [-0.15, -0.1) is 0 Å². The third-order valence-corrected chi connectivity index (χ3v) is 4.56. The summed E-state index contributed by atoms with van der Waals surface area (Å²) < 4.78 is 4.98. The standard InChI is InChI=1S/C19H30O5/c1-15-18(20)17(19(21)23-15)13-9-7-5-3-2-4-6-8-11-16-12-10-14-22-24-16/h10,12-13,15-16,18,20H,2-9,11,14H2,1H3/b17-13+/t15-,16+,18-/m1/s1. The van der Waals surface area contributed by atoms with Crippen molar-refractivity contribution in [1.82, 2.24) is 0 Å². The van der Waals surface area contributed by atoms with Crippen LogP contribution in [0.3, 0.4) is 0 Å². The van der Waals surface area contributed by atoms with E-state index in [1.54, 1.807) is 6.92 Å². The van der Waals surface area contributed by atoms with Crippen LogP contribution in [0.1, 0.15) is 64.7 Å². The van der Waals surface area contributed by atoms with Gasteiger partial charge in [0.15, 0.2) is 0 Å². The summed E-state index contributed by atoms with van der Waals surface area (Å²) in [6.07, 6.45) is 15.1. The SMILES string of the molecule is C[C@H]1OC(=O)/C(=C/CCCCCCCCC[C@H]2C=CCOO2)[C@@H]1O. The van der Waals surface area contributed by atoms with E-state index in [-0.39, 0.29) is 12.1 Å². The molecule has 2 aliphatic rings. The highest BCUT2D eigenvalue weighted by molar-refractivity contribution is 5.92. The number of unbranched alkanes of at least 4 members (excludes halogenated alkanes) is 7. The first-order chi connectivity index (χ1) is 11.7. The fourth-order valence-corrected chi connectivity index (χ4v) is 3.06. The summed E-state index contributed by atoms with van der Waals surface area (Å²) in [6, 6.07) is 0. The lowest BCUT2D eigenvalue weighted by Gasteiger charge is -2.15. The van der Waals surface area contributed by atoms with Gasteiger partial charge < -0.3 is 9.84 Å². The van der Waals surface area contributed by atoms with Gasteiger partial charge in [0.05, 0.1) is 5.57 Å². The largest absolute Gasteiger partial charge is 0.456 e. The molecular formula is C19H30O5. The lowest BCUT2D eigenvalue weighted by molar-refractivity contribution is -0.313. The van der Waals surface area contributed by atoms with Crippen LogP contribution >= 0.6 is 0 Å². The molecule has 2 rings (SSSR count). The minimum absolute atomic E-state index is 0.132. The van der Waals surface area contributed by atoms with Crippen molar-refractivity contribution < 1.29 is 24.4 Å². The molecule has 136 valence electrons. The van der Waals surface area contributed by atoms with E-state index >= 15 is 0 Å². The number of aliphatic hydroxyl groups is 1. The Kier molecular flexibility index (Phi) is 8.50. The lowest BCUT2D eigenvalue weighted by atomic mass is 10.0. The van der Waals surface area contributed by atoms with Gasteiger partial charge in [0.25, 0.3) is 0 Å². The molecule has 5 heteroatoms. The number of ether oxygens (including phenoxy) is 1. The molecule has 5 nitrogen and oxygen atoms in total. The van der Waals surface area contributed by atoms with Gasteiger partial charge in [0, 0.05) is 0 Å². The minimum atomic E-state index is -0.758. The van der Waals surface area contributed by atoms with Crippen LogP contribution < -0.4 is 0 Å². The van der Waals surface area contributed by atoms with Gasteiger partial charge >= 0.3 is 5.97 Å². The van der Waals surface area contributed by atoms with Crippen molar-refractivity contribution in [2.75, 3.05) is 6.61 Å². The van der Waals surface area contributed by atoms with Crippen LogP contribution in [0.4, 0.5) is 0 Å². The molecule has 0 unspecified atom stereocenters. The van der Waals surface area contributed by atoms with Gasteiger partial charge in [0.1, 0.15) is 24.9 Å². The van der Waals surface area contributed by atoms with Crippen LogP contribution in [0.5, 0.6) is 0 Å². The molecule has 0 aromatic heterocycles. The fraction of sp³-hybridized carbons (Fsp3) is 0.737. The summed E-state index contributed by atoms with van der Waals surface area (Å²) in [6.45, 7) is 2.28. The molecule has 3 atom stereocenters. The lowest BCUT2D eigenvalue weighted by Crippen LogP contribution is -2.17. The molecular weight excluding hydrogens is 308 g/mol. The van der Waals surface area contributed by atoms with E-state index in [4.69, 9.17) is 14.5 Å². The number of hydrogen-bond donors (Lipinski definition) is 1. The normalized spacial score (nSPS) is 28.5. The Morgan fingerprint density at radius 2 is 1.88 bits per heavy atom. The fourth-order valence-electron chi connectivity index (χ4n) is 3.06. The van der Waals surface area contributed by atoms with Crippen molar-refractivity contribution in [2.45, 2.75) is 83.0 Å². The molecule has 0 aromatic rings. The Hall–Kier alpha value is -1.17. The van der Waals surface area contributed by atoms with Crippen LogP contribution in [0.25, 0.3) is 0 Å². The first-order valence-electron chi connectivity index (χ1n) is 9.22. The highest BCUT2D eigenvalue weighted by Gasteiger charge is 2.34. The molecule has 0 spiro atoms. The van der Waals surface area contributed by atoms with Gasteiger partial charge in [-0.3, -0.25) is 0 Å².